The molecule has 9 nitrogen and oxygen atoms in total. The number of carbonyl (C=O) groups excluding carboxylic acids is 1. The number of hydrogen-bond acceptors (Lipinski definition) is 8. The Hall–Kier alpha value is -5.18. The van der Waals surface area contributed by atoms with Crippen LogP contribution >= 0.6 is 11.6 Å². The number of nitrogens with zero attached hydrogens (tertiary/aromatic N) is 7. The van der Waals surface area contributed by atoms with Gasteiger partial charge in [0, 0.05) is 58.8 Å². The molecular weight excluding hydrogens is 672 g/mol. The molecule has 2 saturated heterocycles. The van der Waals surface area contributed by atoms with Gasteiger partial charge in [0.1, 0.15) is 17.9 Å². The molecule has 2 aliphatic heterocycles. The Morgan fingerprint density at radius 3 is 2.59 bits per heavy atom. The Morgan fingerprint density at radius 2 is 1.82 bits per heavy atom. The summed E-state index contributed by atoms with van der Waals surface area (Å²) in [6.45, 7) is 3.60. The molecule has 7 rings (SSSR count). The molecular formula is C39H36ClF2N7O2. The summed E-state index contributed by atoms with van der Waals surface area (Å²) in [6.07, 6.45) is 3.09. The summed E-state index contributed by atoms with van der Waals surface area (Å²) in [7, 11) is 2.04. The van der Waals surface area contributed by atoms with E-state index >= 15 is 8.78 Å². The van der Waals surface area contributed by atoms with Crippen LogP contribution in [0.15, 0.2) is 72.6 Å². The number of aryl methyl sites for hydroxylation is 1. The lowest BCUT2D eigenvalue weighted by molar-refractivity contribution is -0.131. The van der Waals surface area contributed by atoms with E-state index in [2.05, 4.69) is 20.9 Å². The zero-order chi connectivity index (χ0) is 35.6. The van der Waals surface area contributed by atoms with E-state index in [1.165, 1.54) is 4.90 Å². The topological polar surface area (TPSA) is 98.5 Å². The lowest BCUT2D eigenvalue weighted by atomic mass is 9.96. The molecule has 2 aliphatic rings. The molecule has 4 heterocycles. The van der Waals surface area contributed by atoms with Gasteiger partial charge in [0.2, 0.25) is 0 Å². The van der Waals surface area contributed by atoms with Crippen molar-refractivity contribution >= 4 is 51.1 Å². The summed E-state index contributed by atoms with van der Waals surface area (Å²) in [5.74, 6) is -1.93. The Bertz CT molecular complexity index is 2200. The van der Waals surface area contributed by atoms with Crippen LogP contribution in [-0.2, 0) is 4.79 Å². The van der Waals surface area contributed by atoms with Gasteiger partial charge in [0.15, 0.2) is 11.6 Å². The zero-order valence-electron chi connectivity index (χ0n) is 28.3. The van der Waals surface area contributed by atoms with Crippen molar-refractivity contribution < 1.29 is 18.3 Å². The number of anilines is 1. The van der Waals surface area contributed by atoms with Gasteiger partial charge in [0.25, 0.3) is 5.91 Å². The first kappa shape index (κ1) is 34.3. The Kier molecular flexibility index (Phi) is 9.80. The number of likely N-dealkylation sites (tertiary alicyclic amines) is 1. The number of rotatable bonds is 8. The second kappa shape index (κ2) is 14.6. The first-order valence-electron chi connectivity index (χ1n) is 17.0. The number of halogens is 3. The van der Waals surface area contributed by atoms with Crippen LogP contribution in [0.1, 0.15) is 30.7 Å². The van der Waals surface area contributed by atoms with Gasteiger partial charge in [-0.1, -0.05) is 54.1 Å². The second-order valence-electron chi connectivity index (χ2n) is 13.0. The van der Waals surface area contributed by atoms with Gasteiger partial charge in [-0.25, -0.2) is 8.78 Å². The summed E-state index contributed by atoms with van der Waals surface area (Å²) >= 11 is 6.63. The number of amides is 1. The van der Waals surface area contributed by atoms with Crippen molar-refractivity contribution in [2.75, 3.05) is 44.7 Å². The molecule has 260 valence electrons. The maximum atomic E-state index is 16.8. The molecule has 3 aromatic carbocycles. The van der Waals surface area contributed by atoms with Crippen molar-refractivity contribution in [2.45, 2.75) is 38.3 Å². The van der Waals surface area contributed by atoms with E-state index < -0.39 is 23.6 Å². The van der Waals surface area contributed by atoms with E-state index in [0.29, 0.717) is 45.3 Å². The van der Waals surface area contributed by atoms with Gasteiger partial charge < -0.3 is 19.4 Å². The van der Waals surface area contributed by atoms with E-state index in [9.17, 15) is 10.1 Å². The normalized spacial score (nSPS) is 18.4. The van der Waals surface area contributed by atoms with Crippen LogP contribution in [0.25, 0.3) is 38.9 Å². The van der Waals surface area contributed by atoms with Crippen LogP contribution in [0.4, 0.5) is 14.6 Å². The molecule has 0 aliphatic carbocycles. The number of likely N-dealkylation sites (N-methyl/N-ethyl adjacent to an activating group) is 1. The number of nitriles is 1. The zero-order valence-corrected chi connectivity index (χ0v) is 29.1. The van der Waals surface area contributed by atoms with Gasteiger partial charge in [0.05, 0.1) is 24.2 Å². The van der Waals surface area contributed by atoms with Gasteiger partial charge in [-0.2, -0.15) is 15.2 Å². The van der Waals surface area contributed by atoms with Gasteiger partial charge >= 0.3 is 6.01 Å². The molecule has 0 spiro atoms. The predicted molar refractivity (Wildman–Crippen MR) is 195 cm³/mol. The number of pyridine rings is 1. The monoisotopic (exact) mass is 707 g/mol. The minimum absolute atomic E-state index is 0.0276. The molecule has 0 bridgehead atoms. The highest BCUT2D eigenvalue weighted by Gasteiger charge is 2.34. The highest BCUT2D eigenvalue weighted by molar-refractivity contribution is 6.36. The second-order valence-corrected chi connectivity index (χ2v) is 13.4. The molecule has 0 unspecified atom stereocenters. The molecule has 12 heteroatoms. The van der Waals surface area contributed by atoms with Gasteiger partial charge in [-0.15, -0.1) is 0 Å². The molecule has 51 heavy (non-hydrogen) atoms. The molecule has 0 N–H and O–H groups in total. The summed E-state index contributed by atoms with van der Waals surface area (Å²) in [4.78, 5) is 32.5. The summed E-state index contributed by atoms with van der Waals surface area (Å²) < 4.78 is 38.3. The maximum Gasteiger partial charge on any atom is 0.319 e. The smallest absolute Gasteiger partial charge is 0.319 e. The lowest BCUT2D eigenvalue weighted by Crippen LogP contribution is -2.55. The van der Waals surface area contributed by atoms with Crippen molar-refractivity contribution in [3.05, 3.63) is 94.8 Å². The summed E-state index contributed by atoms with van der Waals surface area (Å²) in [5, 5.41) is 12.3. The molecule has 5 aromatic rings. The van der Waals surface area contributed by atoms with Crippen LogP contribution in [0.2, 0.25) is 5.02 Å². The van der Waals surface area contributed by atoms with Crippen LogP contribution < -0.4 is 9.64 Å². The van der Waals surface area contributed by atoms with E-state index in [0.717, 1.165) is 36.2 Å². The fourth-order valence-electron chi connectivity index (χ4n) is 7.09. The first-order valence-corrected chi connectivity index (χ1v) is 17.3. The molecule has 0 radical (unpaired) electrons. The minimum Gasteiger partial charge on any atom is -0.462 e. The number of benzene rings is 3. The average Bonchev–Trinajstić information content (AvgIpc) is 3.54. The van der Waals surface area contributed by atoms with Gasteiger partial charge in [-0.05, 0) is 68.6 Å². The number of hydrogen-bond donors (Lipinski definition) is 0. The number of fused-ring (bicyclic) bond motifs is 2. The number of ether oxygens (including phenoxy) is 1. The Balaban J connectivity index is 1.26. The van der Waals surface area contributed by atoms with Crippen molar-refractivity contribution in [3.63, 3.8) is 0 Å². The average molecular weight is 708 g/mol. The molecule has 2 aromatic heterocycles. The van der Waals surface area contributed by atoms with Crippen molar-refractivity contribution in [2.24, 2.45) is 0 Å². The fourth-order valence-corrected chi connectivity index (χ4v) is 7.37. The van der Waals surface area contributed by atoms with Crippen molar-refractivity contribution in [3.8, 4) is 23.2 Å². The minimum atomic E-state index is -0.965. The highest BCUT2D eigenvalue weighted by atomic mass is 35.5. The van der Waals surface area contributed by atoms with Crippen LogP contribution in [0.5, 0.6) is 6.01 Å². The third-order valence-corrected chi connectivity index (χ3v) is 10.1. The maximum absolute atomic E-state index is 16.8. The third-order valence-electron chi connectivity index (χ3n) is 9.75. The standard InChI is InChI=1S/C39H36ClF2N7O2/c1-24-7-3-10-26(44-24)21-33(41)38(50)49-20-19-48(22-27(49)16-17-43)37-31-15-14-30(29-12-4-8-25-9-5-13-32(40)34(25)29)35(42)36(31)45-39(46-37)51-23-28-11-6-18-47(28)2/h3-5,7-10,12-15,21,27-28H,6,11,16,18-20,22-23H2,1-2H3/b33-21-/t27-,28-/m0/s1. The first-order chi connectivity index (χ1) is 24.7. The van der Waals surface area contributed by atoms with E-state index in [-0.39, 0.29) is 43.6 Å². The summed E-state index contributed by atoms with van der Waals surface area (Å²) in [6, 6.07) is 21.5. The van der Waals surface area contributed by atoms with E-state index in [4.69, 9.17) is 21.3 Å². The molecule has 2 atom stereocenters. The molecule has 2 fully saturated rings. The SMILES string of the molecule is Cc1cccc(/C=C(\F)C(=O)N2CCN(c3nc(OC[C@@H]4CCCN4C)nc4c(F)c(-c5cccc6cccc(Cl)c56)ccc34)C[C@@H]2CC#N)n1. The Morgan fingerprint density at radius 1 is 1.02 bits per heavy atom. The Labute approximate surface area is 299 Å². The predicted octanol–water partition coefficient (Wildman–Crippen LogP) is 7.36. The summed E-state index contributed by atoms with van der Waals surface area (Å²) in [5.41, 5.74) is 2.05. The fraction of sp³-hybridized carbons (Fsp3) is 0.308. The highest BCUT2D eigenvalue weighted by Crippen LogP contribution is 2.39. The van der Waals surface area contributed by atoms with Crippen molar-refractivity contribution in [1.82, 2.24) is 24.8 Å². The number of piperazine rings is 1. The van der Waals surface area contributed by atoms with E-state index in [1.807, 2.05) is 42.3 Å². The van der Waals surface area contributed by atoms with Crippen LogP contribution in [-0.4, -0.2) is 82.6 Å². The number of aromatic nitrogens is 3. The number of carbonyl (C=O) groups is 1. The third kappa shape index (κ3) is 6.94. The molecule has 1 amide bonds. The van der Waals surface area contributed by atoms with Crippen LogP contribution in [0, 0.1) is 24.1 Å². The lowest BCUT2D eigenvalue weighted by Gasteiger charge is -2.41. The van der Waals surface area contributed by atoms with Crippen molar-refractivity contribution in [1.29, 1.82) is 5.26 Å². The van der Waals surface area contributed by atoms with E-state index in [1.54, 1.807) is 43.3 Å². The van der Waals surface area contributed by atoms with Crippen LogP contribution in [0.3, 0.4) is 0 Å². The molecule has 0 saturated carbocycles. The van der Waals surface area contributed by atoms with Gasteiger partial charge in [-0.3, -0.25) is 9.78 Å². The largest absolute Gasteiger partial charge is 0.462 e. The quantitative estimate of drug-likeness (QED) is 0.154.